The van der Waals surface area contributed by atoms with Gasteiger partial charge >= 0.3 is 6.18 Å². The summed E-state index contributed by atoms with van der Waals surface area (Å²) in [4.78, 5) is 2.30. The highest BCUT2D eigenvalue weighted by atomic mass is 19.4. The van der Waals surface area contributed by atoms with Gasteiger partial charge in [0.15, 0.2) is 0 Å². The van der Waals surface area contributed by atoms with E-state index in [0.717, 1.165) is 38.0 Å². The number of aryl methyl sites for hydroxylation is 1. The van der Waals surface area contributed by atoms with Gasteiger partial charge in [-0.1, -0.05) is 6.07 Å². The minimum absolute atomic E-state index is 0.222. The zero-order chi connectivity index (χ0) is 15.6. The third kappa shape index (κ3) is 4.20. The first kappa shape index (κ1) is 16.3. The number of piperidine rings is 1. The summed E-state index contributed by atoms with van der Waals surface area (Å²) in [7, 11) is 0. The average Bonchev–Trinajstić information content (AvgIpc) is 2.40. The molecule has 1 atom stereocenters. The molecule has 1 fully saturated rings. The van der Waals surface area contributed by atoms with E-state index in [0.29, 0.717) is 11.5 Å². The fourth-order valence-electron chi connectivity index (χ4n) is 2.93. The van der Waals surface area contributed by atoms with E-state index < -0.39 is 11.7 Å². The molecule has 1 heterocycles. The van der Waals surface area contributed by atoms with Crippen LogP contribution >= 0.6 is 0 Å². The number of hydrogen-bond acceptors (Lipinski definition) is 2. The topological polar surface area (TPSA) is 29.3 Å². The second kappa shape index (κ2) is 6.36. The van der Waals surface area contributed by atoms with Crippen molar-refractivity contribution in [3.63, 3.8) is 0 Å². The molecule has 0 aliphatic carbocycles. The predicted molar refractivity (Wildman–Crippen MR) is 77.8 cm³/mol. The van der Waals surface area contributed by atoms with Gasteiger partial charge in [0.25, 0.3) is 0 Å². The molecule has 1 aliphatic rings. The van der Waals surface area contributed by atoms with E-state index in [2.05, 4.69) is 4.90 Å². The number of likely N-dealkylation sites (tertiary alicyclic amines) is 1. The number of halogens is 3. The zero-order valence-electron chi connectivity index (χ0n) is 12.6. The van der Waals surface area contributed by atoms with Crippen molar-refractivity contribution in [3.8, 4) is 0 Å². The molecule has 1 aromatic rings. The van der Waals surface area contributed by atoms with Gasteiger partial charge in [-0.3, -0.25) is 4.90 Å². The number of nitrogens with zero attached hydrogens (tertiary/aromatic N) is 1. The van der Waals surface area contributed by atoms with E-state index in [9.17, 15) is 13.2 Å². The summed E-state index contributed by atoms with van der Waals surface area (Å²) in [5, 5.41) is 0. The van der Waals surface area contributed by atoms with E-state index in [1.54, 1.807) is 13.0 Å². The summed E-state index contributed by atoms with van der Waals surface area (Å²) in [6, 6.07) is 4.25. The highest BCUT2D eigenvalue weighted by Crippen LogP contribution is 2.31. The van der Waals surface area contributed by atoms with Crippen LogP contribution in [0.3, 0.4) is 0 Å². The van der Waals surface area contributed by atoms with Gasteiger partial charge in [-0.15, -0.1) is 0 Å². The van der Waals surface area contributed by atoms with E-state index in [1.165, 1.54) is 12.1 Å². The molecule has 2 rings (SSSR count). The third-order valence-corrected chi connectivity index (χ3v) is 4.44. The molecule has 1 saturated heterocycles. The van der Waals surface area contributed by atoms with Gasteiger partial charge in [0, 0.05) is 12.6 Å². The SMILES string of the molecule is Cc1cc(C(F)(F)F)ccc1CN1CCC(C(C)N)CC1. The summed E-state index contributed by atoms with van der Waals surface area (Å²) in [5.74, 6) is 0.565. The largest absolute Gasteiger partial charge is 0.416 e. The Kier molecular flexibility index (Phi) is 4.94. The maximum absolute atomic E-state index is 12.7. The summed E-state index contributed by atoms with van der Waals surface area (Å²) >= 11 is 0. The van der Waals surface area contributed by atoms with Crippen LogP contribution in [0.1, 0.15) is 36.5 Å². The molecule has 0 aromatic heterocycles. The van der Waals surface area contributed by atoms with Crippen molar-refractivity contribution in [2.24, 2.45) is 11.7 Å². The number of hydrogen-bond donors (Lipinski definition) is 1. The van der Waals surface area contributed by atoms with Crippen LogP contribution in [-0.4, -0.2) is 24.0 Å². The smallest absolute Gasteiger partial charge is 0.328 e. The molecular formula is C16H23F3N2. The van der Waals surface area contributed by atoms with Crippen LogP contribution in [0, 0.1) is 12.8 Å². The quantitative estimate of drug-likeness (QED) is 0.924. The predicted octanol–water partition coefficient (Wildman–Crippen LogP) is 3.57. The zero-order valence-corrected chi connectivity index (χ0v) is 12.6. The average molecular weight is 300 g/mol. The first-order valence-corrected chi connectivity index (χ1v) is 7.42. The Labute approximate surface area is 124 Å². The van der Waals surface area contributed by atoms with Gasteiger partial charge < -0.3 is 5.73 Å². The molecular weight excluding hydrogens is 277 g/mol. The Bertz CT molecular complexity index is 475. The van der Waals surface area contributed by atoms with Gasteiger partial charge in [0.2, 0.25) is 0 Å². The van der Waals surface area contributed by atoms with E-state index >= 15 is 0 Å². The van der Waals surface area contributed by atoms with Crippen LogP contribution in [0.4, 0.5) is 13.2 Å². The maximum Gasteiger partial charge on any atom is 0.416 e. The molecule has 21 heavy (non-hydrogen) atoms. The van der Waals surface area contributed by atoms with E-state index in [4.69, 9.17) is 5.73 Å². The molecule has 0 bridgehead atoms. The molecule has 0 amide bonds. The fraction of sp³-hybridized carbons (Fsp3) is 0.625. The second-order valence-electron chi connectivity index (χ2n) is 6.11. The third-order valence-electron chi connectivity index (χ3n) is 4.44. The van der Waals surface area contributed by atoms with E-state index in [-0.39, 0.29) is 6.04 Å². The summed E-state index contributed by atoms with van der Waals surface area (Å²) in [6.07, 6.45) is -2.13. The summed E-state index contributed by atoms with van der Waals surface area (Å²) in [5.41, 5.74) is 7.03. The fourth-order valence-corrected chi connectivity index (χ4v) is 2.93. The van der Waals surface area contributed by atoms with Crippen molar-refractivity contribution in [2.75, 3.05) is 13.1 Å². The number of alkyl halides is 3. The molecule has 1 unspecified atom stereocenters. The van der Waals surface area contributed by atoms with Crippen molar-refractivity contribution >= 4 is 0 Å². The molecule has 1 aromatic carbocycles. The first-order valence-electron chi connectivity index (χ1n) is 7.42. The molecule has 0 radical (unpaired) electrons. The lowest BCUT2D eigenvalue weighted by atomic mass is 9.90. The maximum atomic E-state index is 12.7. The number of nitrogens with two attached hydrogens (primary N) is 1. The Morgan fingerprint density at radius 1 is 1.29 bits per heavy atom. The van der Waals surface area contributed by atoms with Crippen LogP contribution in [0.2, 0.25) is 0 Å². The summed E-state index contributed by atoms with van der Waals surface area (Å²) < 4.78 is 38.0. The van der Waals surface area contributed by atoms with E-state index in [1.807, 2.05) is 6.92 Å². The van der Waals surface area contributed by atoms with Crippen LogP contribution in [0.5, 0.6) is 0 Å². The van der Waals surface area contributed by atoms with Crippen molar-refractivity contribution in [1.29, 1.82) is 0 Å². The van der Waals surface area contributed by atoms with Crippen molar-refractivity contribution in [1.82, 2.24) is 4.90 Å². The second-order valence-corrected chi connectivity index (χ2v) is 6.11. The monoisotopic (exact) mass is 300 g/mol. The number of benzene rings is 1. The molecule has 5 heteroatoms. The normalized spacial score (nSPS) is 19.7. The lowest BCUT2D eigenvalue weighted by Crippen LogP contribution is -2.39. The van der Waals surface area contributed by atoms with Crippen molar-refractivity contribution in [3.05, 3.63) is 34.9 Å². The first-order chi connectivity index (χ1) is 9.77. The lowest BCUT2D eigenvalue weighted by Gasteiger charge is -2.34. The minimum atomic E-state index is -4.26. The Morgan fingerprint density at radius 3 is 2.38 bits per heavy atom. The minimum Gasteiger partial charge on any atom is -0.328 e. The van der Waals surface area contributed by atoms with Crippen molar-refractivity contribution < 1.29 is 13.2 Å². The molecule has 1 aliphatic heterocycles. The Morgan fingerprint density at radius 2 is 1.90 bits per heavy atom. The molecule has 0 spiro atoms. The lowest BCUT2D eigenvalue weighted by molar-refractivity contribution is -0.137. The van der Waals surface area contributed by atoms with Gasteiger partial charge in [-0.2, -0.15) is 13.2 Å². The molecule has 2 nitrogen and oxygen atoms in total. The van der Waals surface area contributed by atoms with Crippen LogP contribution in [0.25, 0.3) is 0 Å². The molecule has 0 saturated carbocycles. The van der Waals surface area contributed by atoms with Crippen LogP contribution in [0.15, 0.2) is 18.2 Å². The molecule has 118 valence electrons. The van der Waals surface area contributed by atoms with Gasteiger partial charge in [0.05, 0.1) is 5.56 Å². The van der Waals surface area contributed by atoms with Crippen LogP contribution in [-0.2, 0) is 12.7 Å². The summed E-state index contributed by atoms with van der Waals surface area (Å²) in [6.45, 7) is 6.44. The Hall–Kier alpha value is -1.07. The highest BCUT2D eigenvalue weighted by molar-refractivity contribution is 5.32. The van der Waals surface area contributed by atoms with Gasteiger partial charge in [-0.25, -0.2) is 0 Å². The number of rotatable bonds is 3. The Balaban J connectivity index is 1.98. The standard InChI is InChI=1S/C16H23F3N2/c1-11-9-15(16(17,18)19)4-3-14(11)10-21-7-5-13(6-8-21)12(2)20/h3-4,9,12-13H,5-8,10,20H2,1-2H3. The highest BCUT2D eigenvalue weighted by Gasteiger charge is 2.30. The van der Waals surface area contributed by atoms with Gasteiger partial charge in [-0.05, 0) is 69.0 Å². The van der Waals surface area contributed by atoms with Crippen molar-refractivity contribution in [2.45, 2.75) is 45.5 Å². The molecule has 2 N–H and O–H groups in total. The van der Waals surface area contributed by atoms with Gasteiger partial charge in [0.1, 0.15) is 0 Å². The van der Waals surface area contributed by atoms with Crippen LogP contribution < -0.4 is 5.73 Å².